The van der Waals surface area contributed by atoms with Crippen molar-refractivity contribution in [2.75, 3.05) is 31.3 Å². The Bertz CT molecular complexity index is 710. The third-order valence-corrected chi connectivity index (χ3v) is 5.63. The quantitative estimate of drug-likeness (QED) is 0.802. The second-order valence-electron chi connectivity index (χ2n) is 6.93. The molecule has 1 aliphatic heterocycles. The number of aryl methyl sites for hydroxylation is 1. The van der Waals surface area contributed by atoms with Crippen LogP contribution in [-0.4, -0.2) is 50.7 Å². The predicted molar refractivity (Wildman–Crippen MR) is 99.3 cm³/mol. The highest BCUT2D eigenvalue weighted by Gasteiger charge is 2.27. The summed E-state index contributed by atoms with van der Waals surface area (Å²) in [7, 11) is -3.48. The van der Waals surface area contributed by atoms with E-state index in [1.165, 1.54) is 4.31 Å². The van der Waals surface area contributed by atoms with Gasteiger partial charge in [-0.05, 0) is 36.8 Å². The Hall–Kier alpha value is -1.44. The lowest BCUT2D eigenvalue weighted by molar-refractivity contribution is -0.116. The van der Waals surface area contributed by atoms with E-state index < -0.39 is 10.0 Å². The van der Waals surface area contributed by atoms with Crippen LogP contribution in [0.5, 0.6) is 0 Å². The molecule has 0 radical (unpaired) electrons. The van der Waals surface area contributed by atoms with Crippen LogP contribution in [0.15, 0.2) is 18.2 Å². The fourth-order valence-electron chi connectivity index (χ4n) is 3.01. The third-order valence-electron chi connectivity index (χ3n) is 4.41. The van der Waals surface area contributed by atoms with Crippen LogP contribution in [-0.2, 0) is 19.6 Å². The Balaban J connectivity index is 2.11. The van der Waals surface area contributed by atoms with Crippen LogP contribution in [0.2, 0.25) is 0 Å². The number of benzene rings is 1. The van der Waals surface area contributed by atoms with Crippen molar-refractivity contribution in [2.24, 2.45) is 0 Å². The summed E-state index contributed by atoms with van der Waals surface area (Å²) < 4.78 is 30.8. The van der Waals surface area contributed by atoms with E-state index in [1.54, 1.807) is 0 Å². The number of nitrogens with one attached hydrogen (secondary N) is 1. The maximum atomic E-state index is 12.5. The number of anilines is 1. The summed E-state index contributed by atoms with van der Waals surface area (Å²) in [6.07, 6.45) is 2.74. The van der Waals surface area contributed by atoms with Gasteiger partial charge in [0.15, 0.2) is 0 Å². The van der Waals surface area contributed by atoms with Gasteiger partial charge in [-0.2, -0.15) is 4.31 Å². The normalized spacial score (nSPS) is 18.1. The highest BCUT2D eigenvalue weighted by atomic mass is 32.2. The summed E-state index contributed by atoms with van der Waals surface area (Å²) in [6, 6.07) is 5.87. The van der Waals surface area contributed by atoms with Crippen molar-refractivity contribution >= 4 is 21.6 Å². The summed E-state index contributed by atoms with van der Waals surface area (Å²) in [5.41, 5.74) is 2.77. The first-order valence-corrected chi connectivity index (χ1v) is 10.5. The molecule has 1 aromatic carbocycles. The molecule has 1 saturated heterocycles. The standard InChI is InChI=1S/C18H28N2O4S/c1-13(2)16-9-5-7-14(3)18(16)19-17(21)12-20(25(4,22)23)11-15-8-6-10-24-15/h5,7,9,13,15H,6,8,10-12H2,1-4H3,(H,19,21). The fourth-order valence-corrected chi connectivity index (χ4v) is 3.80. The van der Waals surface area contributed by atoms with E-state index in [0.29, 0.717) is 6.61 Å². The van der Waals surface area contributed by atoms with Crippen molar-refractivity contribution in [2.45, 2.75) is 45.6 Å². The van der Waals surface area contributed by atoms with Crippen LogP contribution in [0.3, 0.4) is 0 Å². The molecule has 1 unspecified atom stereocenters. The van der Waals surface area contributed by atoms with E-state index in [1.807, 2.05) is 25.1 Å². The van der Waals surface area contributed by atoms with Crippen LogP contribution in [0, 0.1) is 6.92 Å². The van der Waals surface area contributed by atoms with E-state index in [2.05, 4.69) is 19.2 Å². The molecule has 1 heterocycles. The topological polar surface area (TPSA) is 75.7 Å². The van der Waals surface area contributed by atoms with Gasteiger partial charge in [-0.3, -0.25) is 4.79 Å². The zero-order chi connectivity index (χ0) is 18.6. The molecule has 1 atom stereocenters. The number of hydrogen-bond donors (Lipinski definition) is 1. The summed E-state index contributed by atoms with van der Waals surface area (Å²) in [4.78, 5) is 12.5. The largest absolute Gasteiger partial charge is 0.377 e. The summed E-state index contributed by atoms with van der Waals surface area (Å²) in [6.45, 7) is 6.72. The smallest absolute Gasteiger partial charge is 0.239 e. The van der Waals surface area contributed by atoms with Gasteiger partial charge in [0.05, 0.1) is 18.9 Å². The minimum atomic E-state index is -3.48. The van der Waals surface area contributed by atoms with Crippen molar-refractivity contribution in [3.05, 3.63) is 29.3 Å². The molecular weight excluding hydrogens is 340 g/mol. The van der Waals surface area contributed by atoms with Crippen LogP contribution in [0.25, 0.3) is 0 Å². The zero-order valence-electron chi connectivity index (χ0n) is 15.4. The molecule has 1 N–H and O–H groups in total. The Morgan fingerprint density at radius 1 is 1.40 bits per heavy atom. The Morgan fingerprint density at radius 3 is 2.68 bits per heavy atom. The number of carbonyl (C=O) groups is 1. The summed E-state index contributed by atoms with van der Waals surface area (Å²) in [5, 5.41) is 2.90. The second-order valence-corrected chi connectivity index (χ2v) is 8.91. The summed E-state index contributed by atoms with van der Waals surface area (Å²) >= 11 is 0. The Morgan fingerprint density at radius 2 is 2.12 bits per heavy atom. The number of nitrogens with zero attached hydrogens (tertiary/aromatic N) is 1. The maximum Gasteiger partial charge on any atom is 0.239 e. The van der Waals surface area contributed by atoms with Crippen LogP contribution < -0.4 is 5.32 Å². The number of para-hydroxylation sites is 1. The lowest BCUT2D eigenvalue weighted by Crippen LogP contribution is -2.41. The van der Waals surface area contributed by atoms with Crippen molar-refractivity contribution in [1.29, 1.82) is 0 Å². The van der Waals surface area contributed by atoms with Gasteiger partial charge in [0, 0.05) is 18.8 Å². The molecule has 1 amide bonds. The highest BCUT2D eigenvalue weighted by Crippen LogP contribution is 2.27. The fraction of sp³-hybridized carbons (Fsp3) is 0.611. The van der Waals surface area contributed by atoms with Crippen molar-refractivity contribution < 1.29 is 17.9 Å². The molecule has 1 aromatic rings. The van der Waals surface area contributed by atoms with Crippen LogP contribution in [0.1, 0.15) is 43.7 Å². The van der Waals surface area contributed by atoms with Gasteiger partial charge in [-0.1, -0.05) is 32.0 Å². The van der Waals surface area contributed by atoms with E-state index in [9.17, 15) is 13.2 Å². The van der Waals surface area contributed by atoms with Crippen molar-refractivity contribution in [3.8, 4) is 0 Å². The number of ether oxygens (including phenoxy) is 1. The lowest BCUT2D eigenvalue weighted by atomic mass is 9.98. The monoisotopic (exact) mass is 368 g/mol. The van der Waals surface area contributed by atoms with Gasteiger partial charge in [0.2, 0.25) is 15.9 Å². The lowest BCUT2D eigenvalue weighted by Gasteiger charge is -2.23. The number of carbonyl (C=O) groups excluding carboxylic acids is 1. The van der Waals surface area contributed by atoms with E-state index in [0.717, 1.165) is 35.9 Å². The Kier molecular flexibility index (Phi) is 6.59. The van der Waals surface area contributed by atoms with E-state index >= 15 is 0 Å². The Labute approximate surface area is 150 Å². The highest BCUT2D eigenvalue weighted by molar-refractivity contribution is 7.88. The summed E-state index contributed by atoms with van der Waals surface area (Å²) in [5.74, 6) is -0.0762. The molecule has 0 bridgehead atoms. The van der Waals surface area contributed by atoms with Gasteiger partial charge in [0.25, 0.3) is 0 Å². The van der Waals surface area contributed by atoms with Gasteiger partial charge in [-0.15, -0.1) is 0 Å². The molecule has 25 heavy (non-hydrogen) atoms. The molecule has 0 saturated carbocycles. The number of sulfonamides is 1. The van der Waals surface area contributed by atoms with Crippen molar-refractivity contribution in [1.82, 2.24) is 4.31 Å². The molecule has 140 valence electrons. The number of rotatable bonds is 7. The number of hydrogen-bond acceptors (Lipinski definition) is 4. The zero-order valence-corrected chi connectivity index (χ0v) is 16.2. The van der Waals surface area contributed by atoms with Gasteiger partial charge < -0.3 is 10.1 Å². The maximum absolute atomic E-state index is 12.5. The van der Waals surface area contributed by atoms with Crippen LogP contribution >= 0.6 is 0 Å². The van der Waals surface area contributed by atoms with Gasteiger partial charge >= 0.3 is 0 Å². The average molecular weight is 368 g/mol. The van der Waals surface area contributed by atoms with Crippen LogP contribution in [0.4, 0.5) is 5.69 Å². The molecular formula is C18H28N2O4S. The average Bonchev–Trinajstić information content (AvgIpc) is 3.00. The molecule has 7 heteroatoms. The first-order chi connectivity index (χ1) is 11.7. The number of amides is 1. The molecule has 1 fully saturated rings. The molecule has 0 aromatic heterocycles. The molecule has 6 nitrogen and oxygen atoms in total. The first-order valence-electron chi connectivity index (χ1n) is 8.64. The van der Waals surface area contributed by atoms with E-state index in [4.69, 9.17) is 4.74 Å². The third kappa shape index (κ3) is 5.52. The first kappa shape index (κ1) is 19.9. The molecule has 2 rings (SSSR count). The predicted octanol–water partition coefficient (Wildman–Crippen LogP) is 2.50. The molecule has 0 aliphatic carbocycles. The van der Waals surface area contributed by atoms with Gasteiger partial charge in [-0.25, -0.2) is 8.42 Å². The molecule has 0 spiro atoms. The second kappa shape index (κ2) is 8.29. The van der Waals surface area contributed by atoms with Crippen molar-refractivity contribution in [3.63, 3.8) is 0 Å². The van der Waals surface area contributed by atoms with E-state index in [-0.39, 0.29) is 31.0 Å². The minimum absolute atomic E-state index is 0.132. The SMILES string of the molecule is Cc1cccc(C(C)C)c1NC(=O)CN(CC1CCCO1)S(C)(=O)=O. The van der Waals surface area contributed by atoms with Gasteiger partial charge in [0.1, 0.15) is 0 Å². The minimum Gasteiger partial charge on any atom is -0.377 e. The molecule has 1 aliphatic rings.